The lowest BCUT2D eigenvalue weighted by Crippen LogP contribution is -2.38. The van der Waals surface area contributed by atoms with Gasteiger partial charge >= 0.3 is 0 Å². The Balaban J connectivity index is 2.52. The van der Waals surface area contributed by atoms with Crippen LogP contribution >= 0.6 is 0 Å². The first-order valence-electron chi connectivity index (χ1n) is 4.49. The fourth-order valence-corrected chi connectivity index (χ4v) is 1.56. The van der Waals surface area contributed by atoms with Crippen LogP contribution in [0.1, 0.15) is 6.42 Å². The summed E-state index contributed by atoms with van der Waals surface area (Å²) in [5.74, 6) is -0.295. The zero-order valence-corrected chi connectivity index (χ0v) is 7.90. The highest BCUT2D eigenvalue weighted by Crippen LogP contribution is 2.19. The molecule has 6 heteroatoms. The molecule has 0 aromatic carbocycles. The van der Waals surface area contributed by atoms with E-state index in [1.807, 2.05) is 0 Å². The van der Waals surface area contributed by atoms with Gasteiger partial charge in [-0.15, -0.1) is 0 Å². The van der Waals surface area contributed by atoms with Crippen molar-refractivity contribution in [2.24, 2.45) is 0 Å². The molecule has 0 radical (unpaired) electrons. The fraction of sp³-hybridized carbons (Fsp3) is 0.875. The second-order valence-electron chi connectivity index (χ2n) is 3.37. The highest BCUT2D eigenvalue weighted by atomic mass is 19.1. The first kappa shape index (κ1) is 11.4. The number of amides is 1. The summed E-state index contributed by atoms with van der Waals surface area (Å²) in [4.78, 5) is 11.0. The molecular weight excluding hydrogens is 191 g/mol. The molecule has 0 bridgehead atoms. The van der Waals surface area contributed by atoms with Gasteiger partial charge in [0.05, 0.1) is 12.6 Å². The van der Waals surface area contributed by atoms with E-state index in [1.165, 1.54) is 7.05 Å². The van der Waals surface area contributed by atoms with Gasteiger partial charge in [0.1, 0.15) is 12.3 Å². The second kappa shape index (κ2) is 4.68. The Morgan fingerprint density at radius 2 is 2.21 bits per heavy atom. The maximum atomic E-state index is 13.3. The first-order valence-corrected chi connectivity index (χ1v) is 4.49. The van der Waals surface area contributed by atoms with Crippen LogP contribution in [0.2, 0.25) is 0 Å². The smallest absolute Gasteiger partial charge is 0.221 e. The van der Waals surface area contributed by atoms with Crippen molar-refractivity contribution in [1.82, 2.24) is 10.6 Å². The molecule has 1 saturated heterocycles. The Morgan fingerprint density at radius 3 is 2.64 bits per heavy atom. The summed E-state index contributed by atoms with van der Waals surface area (Å²) in [6, 6.07) is -1.40. The van der Waals surface area contributed by atoms with E-state index in [0.717, 1.165) is 0 Å². The van der Waals surface area contributed by atoms with E-state index in [0.29, 0.717) is 0 Å². The van der Waals surface area contributed by atoms with Gasteiger partial charge in [-0.1, -0.05) is 0 Å². The van der Waals surface area contributed by atoms with Gasteiger partial charge in [-0.05, 0) is 0 Å². The van der Waals surface area contributed by atoms with Crippen LogP contribution in [0.3, 0.4) is 0 Å². The average Bonchev–Trinajstić information content (AvgIpc) is 2.45. The Labute approximate surface area is 81.3 Å². The highest BCUT2D eigenvalue weighted by molar-refractivity contribution is 5.76. The minimum absolute atomic E-state index is 0.0365. The number of carbonyl (C=O) groups is 1. The van der Waals surface area contributed by atoms with Crippen molar-refractivity contribution in [3.63, 3.8) is 0 Å². The van der Waals surface area contributed by atoms with Crippen molar-refractivity contribution in [2.45, 2.75) is 30.8 Å². The van der Waals surface area contributed by atoms with Crippen molar-refractivity contribution < 1.29 is 19.4 Å². The number of alkyl halides is 1. The average molecular weight is 206 g/mol. The zero-order chi connectivity index (χ0) is 10.7. The van der Waals surface area contributed by atoms with Crippen LogP contribution < -0.4 is 10.6 Å². The van der Waals surface area contributed by atoms with Crippen LogP contribution in [-0.2, 0) is 4.79 Å². The number of rotatable bonds is 3. The van der Waals surface area contributed by atoms with E-state index in [2.05, 4.69) is 10.6 Å². The summed E-state index contributed by atoms with van der Waals surface area (Å²) in [6.45, 7) is -0.341. The van der Waals surface area contributed by atoms with E-state index >= 15 is 0 Å². The van der Waals surface area contributed by atoms with E-state index in [9.17, 15) is 14.3 Å². The van der Waals surface area contributed by atoms with Crippen molar-refractivity contribution >= 4 is 5.91 Å². The first-order chi connectivity index (χ1) is 6.60. The molecule has 1 fully saturated rings. The Hall–Kier alpha value is -0.720. The molecule has 0 aromatic heterocycles. The predicted molar refractivity (Wildman–Crippen MR) is 47.4 cm³/mol. The van der Waals surface area contributed by atoms with Gasteiger partial charge in [-0.2, -0.15) is 0 Å². The minimum Gasteiger partial charge on any atom is -0.395 e. The molecule has 4 atom stereocenters. The minimum atomic E-state index is -1.51. The normalized spacial score (nSPS) is 37.1. The van der Waals surface area contributed by atoms with Crippen LogP contribution in [0, 0.1) is 0 Å². The molecule has 0 saturated carbocycles. The number of nitrogens with one attached hydrogen (secondary N) is 2. The van der Waals surface area contributed by atoms with Crippen LogP contribution in [0.4, 0.5) is 4.39 Å². The molecule has 5 nitrogen and oxygen atoms in total. The number of halogens is 1. The lowest BCUT2D eigenvalue weighted by Gasteiger charge is -2.12. The van der Waals surface area contributed by atoms with Crippen molar-refractivity contribution in [3.05, 3.63) is 0 Å². The Morgan fingerprint density at radius 1 is 1.57 bits per heavy atom. The van der Waals surface area contributed by atoms with Crippen LogP contribution in [0.5, 0.6) is 0 Å². The van der Waals surface area contributed by atoms with Gasteiger partial charge < -0.3 is 20.8 Å². The molecule has 82 valence electrons. The molecule has 1 rings (SSSR count). The molecule has 1 aliphatic heterocycles. The van der Waals surface area contributed by atoms with E-state index in [1.54, 1.807) is 0 Å². The molecule has 1 heterocycles. The molecule has 0 aliphatic carbocycles. The summed E-state index contributed by atoms with van der Waals surface area (Å²) in [6.07, 6.45) is -2.79. The van der Waals surface area contributed by atoms with Gasteiger partial charge in [0.25, 0.3) is 0 Å². The van der Waals surface area contributed by atoms with E-state index in [4.69, 9.17) is 5.11 Å². The number of aliphatic hydroxyl groups is 2. The van der Waals surface area contributed by atoms with Gasteiger partial charge in [-0.25, -0.2) is 4.39 Å². The molecule has 1 amide bonds. The number of hydrogen-bond acceptors (Lipinski definition) is 4. The number of aliphatic hydroxyl groups excluding tert-OH is 2. The standard InChI is InChI=1S/C8H15FN2O3/c1-10-6(13)2-4-7(9)8(14)5(3-12)11-4/h4-5,7-8,11-12,14H,2-3H2,1H3,(H,10,13)/t4-,5-,7-,8-/m1/s1. The monoisotopic (exact) mass is 206 g/mol. The fourth-order valence-electron chi connectivity index (χ4n) is 1.56. The molecular formula is C8H15FN2O3. The topological polar surface area (TPSA) is 81.6 Å². The third-order valence-electron chi connectivity index (χ3n) is 2.43. The highest BCUT2D eigenvalue weighted by Gasteiger charge is 2.42. The maximum absolute atomic E-state index is 13.3. The largest absolute Gasteiger partial charge is 0.395 e. The Kier molecular flexibility index (Phi) is 3.79. The molecule has 0 unspecified atom stereocenters. The lowest BCUT2D eigenvalue weighted by atomic mass is 10.1. The van der Waals surface area contributed by atoms with Gasteiger partial charge in [0.2, 0.25) is 5.91 Å². The van der Waals surface area contributed by atoms with Crippen LogP contribution in [0.15, 0.2) is 0 Å². The third-order valence-corrected chi connectivity index (χ3v) is 2.43. The van der Waals surface area contributed by atoms with Crippen LogP contribution in [-0.4, -0.2) is 54.1 Å². The van der Waals surface area contributed by atoms with Gasteiger partial charge in [-0.3, -0.25) is 4.79 Å². The van der Waals surface area contributed by atoms with Gasteiger partial charge in [0, 0.05) is 19.5 Å². The molecule has 1 aliphatic rings. The molecule has 0 spiro atoms. The zero-order valence-electron chi connectivity index (χ0n) is 7.90. The van der Waals surface area contributed by atoms with Gasteiger partial charge in [0.15, 0.2) is 0 Å². The number of hydrogen-bond donors (Lipinski definition) is 4. The summed E-state index contributed by atoms with van der Waals surface area (Å²) in [7, 11) is 1.46. The van der Waals surface area contributed by atoms with Crippen molar-refractivity contribution in [2.75, 3.05) is 13.7 Å². The van der Waals surface area contributed by atoms with Crippen molar-refractivity contribution in [1.29, 1.82) is 0 Å². The lowest BCUT2D eigenvalue weighted by molar-refractivity contribution is -0.121. The predicted octanol–water partition coefficient (Wildman–Crippen LogP) is -1.85. The van der Waals surface area contributed by atoms with Crippen LogP contribution in [0.25, 0.3) is 0 Å². The molecule has 14 heavy (non-hydrogen) atoms. The summed E-state index contributed by atoms with van der Waals surface area (Å²) >= 11 is 0. The summed E-state index contributed by atoms with van der Waals surface area (Å²) in [5, 5.41) is 23.1. The second-order valence-corrected chi connectivity index (χ2v) is 3.37. The van der Waals surface area contributed by atoms with Crippen molar-refractivity contribution in [3.8, 4) is 0 Å². The van der Waals surface area contributed by atoms with E-state index < -0.39 is 24.4 Å². The third kappa shape index (κ3) is 2.20. The van der Waals surface area contributed by atoms with E-state index in [-0.39, 0.29) is 18.9 Å². The Bertz CT molecular complexity index is 215. The molecule has 4 N–H and O–H groups in total. The maximum Gasteiger partial charge on any atom is 0.221 e. The molecule has 0 aromatic rings. The SMILES string of the molecule is CNC(=O)C[C@H]1N[C@H](CO)[C@@H](O)[C@@H]1F. The number of carbonyl (C=O) groups excluding carboxylic acids is 1. The summed E-state index contributed by atoms with van der Waals surface area (Å²) in [5.41, 5.74) is 0. The quantitative estimate of drug-likeness (QED) is 0.437. The summed E-state index contributed by atoms with van der Waals surface area (Å²) < 4.78 is 13.3.